The summed E-state index contributed by atoms with van der Waals surface area (Å²) in [6.45, 7) is 0. The summed E-state index contributed by atoms with van der Waals surface area (Å²) in [5.41, 5.74) is 1.20. The van der Waals surface area contributed by atoms with Crippen LogP contribution in [0.1, 0.15) is 10.4 Å². The number of nitrogens with zero attached hydrogens (tertiary/aromatic N) is 1. The number of hydrogen-bond acceptors (Lipinski definition) is 3. The standard InChI is InChI=1S/C11H8INO2/c1-15-11(14)8-4-5-9(12)7-3-2-6-13-10(7)8/h2-6H,1H3. The van der Waals surface area contributed by atoms with E-state index in [2.05, 4.69) is 27.6 Å². The Labute approximate surface area is 101 Å². The van der Waals surface area contributed by atoms with Crippen LogP contribution < -0.4 is 0 Å². The van der Waals surface area contributed by atoms with Crippen LogP contribution >= 0.6 is 22.6 Å². The minimum Gasteiger partial charge on any atom is -0.465 e. The predicted octanol–water partition coefficient (Wildman–Crippen LogP) is 2.63. The Balaban J connectivity index is 2.77. The summed E-state index contributed by atoms with van der Waals surface area (Å²) in [5.74, 6) is -0.352. The minimum absolute atomic E-state index is 0.352. The van der Waals surface area contributed by atoms with Gasteiger partial charge in [-0.1, -0.05) is 6.07 Å². The zero-order valence-corrected chi connectivity index (χ0v) is 10.2. The van der Waals surface area contributed by atoms with Crippen LogP contribution in [0.25, 0.3) is 10.9 Å². The van der Waals surface area contributed by atoms with E-state index in [0.717, 1.165) is 8.96 Å². The number of rotatable bonds is 1. The van der Waals surface area contributed by atoms with Gasteiger partial charge in [0, 0.05) is 15.2 Å². The van der Waals surface area contributed by atoms with Crippen molar-refractivity contribution in [1.29, 1.82) is 0 Å². The molecule has 2 rings (SSSR count). The lowest BCUT2D eigenvalue weighted by Crippen LogP contribution is -2.03. The van der Waals surface area contributed by atoms with Crippen molar-refractivity contribution in [1.82, 2.24) is 4.98 Å². The van der Waals surface area contributed by atoms with E-state index in [1.54, 1.807) is 12.3 Å². The SMILES string of the molecule is COC(=O)c1ccc(I)c2cccnc12. The molecule has 1 aromatic carbocycles. The van der Waals surface area contributed by atoms with E-state index in [0.29, 0.717) is 11.1 Å². The van der Waals surface area contributed by atoms with Crippen LogP contribution in [0.3, 0.4) is 0 Å². The molecule has 4 heteroatoms. The highest BCUT2D eigenvalue weighted by Crippen LogP contribution is 2.22. The van der Waals surface area contributed by atoms with Crippen LogP contribution in [-0.4, -0.2) is 18.1 Å². The highest BCUT2D eigenvalue weighted by molar-refractivity contribution is 14.1. The van der Waals surface area contributed by atoms with Crippen LogP contribution in [0, 0.1) is 3.57 Å². The Kier molecular flexibility index (Phi) is 2.86. The summed E-state index contributed by atoms with van der Waals surface area (Å²) in [5, 5.41) is 0.973. The Morgan fingerprint density at radius 2 is 2.20 bits per heavy atom. The Morgan fingerprint density at radius 1 is 1.40 bits per heavy atom. The Bertz CT molecular complexity index is 525. The number of carbonyl (C=O) groups excluding carboxylic acids is 1. The second-order valence-electron chi connectivity index (χ2n) is 2.99. The van der Waals surface area contributed by atoms with Crippen molar-refractivity contribution in [2.75, 3.05) is 7.11 Å². The molecule has 0 saturated carbocycles. The number of hydrogen-bond donors (Lipinski definition) is 0. The van der Waals surface area contributed by atoms with Crippen molar-refractivity contribution in [3.63, 3.8) is 0 Å². The van der Waals surface area contributed by atoms with Gasteiger partial charge < -0.3 is 4.74 Å². The van der Waals surface area contributed by atoms with Gasteiger partial charge in [0.1, 0.15) is 0 Å². The average molecular weight is 313 g/mol. The molecule has 0 amide bonds. The fourth-order valence-electron chi connectivity index (χ4n) is 1.41. The van der Waals surface area contributed by atoms with Gasteiger partial charge in [0.2, 0.25) is 0 Å². The second kappa shape index (κ2) is 4.14. The summed E-state index contributed by atoms with van der Waals surface area (Å²) in [4.78, 5) is 15.7. The predicted molar refractivity (Wildman–Crippen MR) is 65.8 cm³/mol. The Morgan fingerprint density at radius 3 is 2.93 bits per heavy atom. The van der Waals surface area contributed by atoms with Crippen molar-refractivity contribution in [2.24, 2.45) is 0 Å². The van der Waals surface area contributed by atoms with Crippen molar-refractivity contribution < 1.29 is 9.53 Å². The molecule has 0 radical (unpaired) electrons. The quantitative estimate of drug-likeness (QED) is 0.600. The van der Waals surface area contributed by atoms with Gasteiger partial charge in [0.25, 0.3) is 0 Å². The number of halogens is 1. The number of esters is 1. The molecule has 0 fully saturated rings. The number of fused-ring (bicyclic) bond motifs is 1. The molecule has 0 aliphatic heterocycles. The maximum Gasteiger partial charge on any atom is 0.340 e. The summed E-state index contributed by atoms with van der Waals surface area (Å²) in [6.07, 6.45) is 1.67. The fraction of sp³-hybridized carbons (Fsp3) is 0.0909. The molecule has 0 aliphatic carbocycles. The molecule has 76 valence electrons. The average Bonchev–Trinajstić information content (AvgIpc) is 2.29. The van der Waals surface area contributed by atoms with Gasteiger partial charge in [0.15, 0.2) is 0 Å². The third-order valence-corrected chi connectivity index (χ3v) is 3.06. The molecule has 0 bridgehead atoms. The molecule has 0 atom stereocenters. The van der Waals surface area contributed by atoms with E-state index in [-0.39, 0.29) is 5.97 Å². The molecule has 15 heavy (non-hydrogen) atoms. The minimum atomic E-state index is -0.352. The van der Waals surface area contributed by atoms with Crippen LogP contribution in [0.15, 0.2) is 30.5 Å². The van der Waals surface area contributed by atoms with E-state index in [1.165, 1.54) is 7.11 Å². The third kappa shape index (κ3) is 1.81. The highest BCUT2D eigenvalue weighted by Gasteiger charge is 2.12. The number of benzene rings is 1. The van der Waals surface area contributed by atoms with E-state index in [4.69, 9.17) is 4.74 Å². The van der Waals surface area contributed by atoms with E-state index in [1.807, 2.05) is 18.2 Å². The van der Waals surface area contributed by atoms with Gasteiger partial charge in [-0.2, -0.15) is 0 Å². The number of aromatic nitrogens is 1. The maximum atomic E-state index is 11.5. The molecular formula is C11H8INO2. The molecule has 0 unspecified atom stereocenters. The van der Waals surface area contributed by atoms with Gasteiger partial charge in [0.05, 0.1) is 18.2 Å². The van der Waals surface area contributed by atoms with Crippen molar-refractivity contribution in [2.45, 2.75) is 0 Å². The molecule has 3 nitrogen and oxygen atoms in total. The zero-order valence-electron chi connectivity index (χ0n) is 8.03. The maximum absolute atomic E-state index is 11.5. The first kappa shape index (κ1) is 10.4. The fourth-order valence-corrected chi connectivity index (χ4v) is 2.03. The summed E-state index contributed by atoms with van der Waals surface area (Å²) in [6, 6.07) is 7.42. The van der Waals surface area contributed by atoms with Crippen molar-refractivity contribution in [3.05, 3.63) is 39.6 Å². The second-order valence-corrected chi connectivity index (χ2v) is 4.15. The molecule has 0 spiro atoms. The van der Waals surface area contributed by atoms with Crippen LogP contribution in [-0.2, 0) is 4.74 Å². The van der Waals surface area contributed by atoms with E-state index in [9.17, 15) is 4.79 Å². The van der Waals surface area contributed by atoms with Crippen molar-refractivity contribution >= 4 is 39.5 Å². The van der Waals surface area contributed by atoms with Gasteiger partial charge >= 0.3 is 5.97 Å². The molecule has 1 heterocycles. The third-order valence-electron chi connectivity index (χ3n) is 2.12. The monoisotopic (exact) mass is 313 g/mol. The molecular weight excluding hydrogens is 305 g/mol. The van der Waals surface area contributed by atoms with E-state index >= 15 is 0 Å². The van der Waals surface area contributed by atoms with Gasteiger partial charge in [-0.05, 0) is 40.8 Å². The number of pyridine rings is 1. The molecule has 0 aliphatic rings. The summed E-state index contributed by atoms with van der Waals surface area (Å²) < 4.78 is 5.78. The Hall–Kier alpha value is -1.17. The van der Waals surface area contributed by atoms with E-state index < -0.39 is 0 Å². The number of methoxy groups -OCH3 is 1. The topological polar surface area (TPSA) is 39.2 Å². The first-order valence-corrected chi connectivity index (χ1v) is 5.43. The first-order chi connectivity index (χ1) is 7.24. The zero-order chi connectivity index (χ0) is 10.8. The number of ether oxygens (including phenoxy) is 1. The smallest absolute Gasteiger partial charge is 0.340 e. The number of carbonyl (C=O) groups is 1. The van der Waals surface area contributed by atoms with Crippen LogP contribution in [0.4, 0.5) is 0 Å². The molecule has 2 aromatic rings. The molecule has 1 aromatic heterocycles. The lowest BCUT2D eigenvalue weighted by Gasteiger charge is -2.04. The van der Waals surface area contributed by atoms with Gasteiger partial charge in [-0.25, -0.2) is 4.79 Å². The lowest BCUT2D eigenvalue weighted by molar-refractivity contribution is 0.0603. The normalized spacial score (nSPS) is 10.3. The molecule has 0 N–H and O–H groups in total. The van der Waals surface area contributed by atoms with Gasteiger partial charge in [-0.15, -0.1) is 0 Å². The van der Waals surface area contributed by atoms with Gasteiger partial charge in [-0.3, -0.25) is 4.98 Å². The highest BCUT2D eigenvalue weighted by atomic mass is 127. The first-order valence-electron chi connectivity index (χ1n) is 4.35. The summed E-state index contributed by atoms with van der Waals surface area (Å²) >= 11 is 2.22. The van der Waals surface area contributed by atoms with Crippen molar-refractivity contribution in [3.8, 4) is 0 Å². The van der Waals surface area contributed by atoms with Crippen LogP contribution in [0.5, 0.6) is 0 Å². The molecule has 0 saturated heterocycles. The lowest BCUT2D eigenvalue weighted by atomic mass is 10.1. The van der Waals surface area contributed by atoms with Crippen LogP contribution in [0.2, 0.25) is 0 Å². The largest absolute Gasteiger partial charge is 0.465 e. The summed E-state index contributed by atoms with van der Waals surface area (Å²) in [7, 11) is 1.37.